The third-order valence-corrected chi connectivity index (χ3v) is 8.57. The summed E-state index contributed by atoms with van der Waals surface area (Å²) >= 11 is 4.64. The Balaban J connectivity index is 1.25. The first-order valence-electron chi connectivity index (χ1n) is 14.3. The van der Waals surface area contributed by atoms with Gasteiger partial charge in [0.2, 0.25) is 11.8 Å². The third kappa shape index (κ3) is 7.98. The van der Waals surface area contributed by atoms with Gasteiger partial charge in [-0.05, 0) is 91.4 Å². The van der Waals surface area contributed by atoms with Crippen molar-refractivity contribution in [2.45, 2.75) is 23.5 Å². The number of carbonyl (C=O) groups excluding carboxylic acids is 5. The number of hydrogen-bond acceptors (Lipinski definition) is 7. The Morgan fingerprint density at radius 3 is 2.22 bits per heavy atom. The predicted molar refractivity (Wildman–Crippen MR) is 180 cm³/mol. The van der Waals surface area contributed by atoms with Gasteiger partial charge in [0.1, 0.15) is 5.70 Å². The molecule has 0 radical (unpaired) electrons. The summed E-state index contributed by atoms with van der Waals surface area (Å²) in [5.74, 6) is -2.11. The van der Waals surface area contributed by atoms with Gasteiger partial charge in [-0.25, -0.2) is 9.69 Å². The smallest absolute Gasteiger partial charge is 0.338 e. The van der Waals surface area contributed by atoms with Crippen molar-refractivity contribution in [2.24, 2.45) is 0 Å². The van der Waals surface area contributed by atoms with E-state index in [4.69, 9.17) is 4.74 Å². The molecule has 232 valence electrons. The number of rotatable bonds is 10. The number of hydrogen-bond donors (Lipinski definition) is 2. The molecule has 1 aliphatic heterocycles. The molecule has 4 amide bonds. The minimum atomic E-state index is -0.633. The Morgan fingerprint density at radius 1 is 0.891 bits per heavy atom. The van der Waals surface area contributed by atoms with E-state index in [1.165, 1.54) is 23.9 Å². The lowest BCUT2D eigenvalue weighted by molar-refractivity contribution is -0.121. The van der Waals surface area contributed by atoms with Crippen LogP contribution in [-0.2, 0) is 19.1 Å². The molecule has 1 atom stereocenters. The van der Waals surface area contributed by atoms with Crippen LogP contribution in [0, 0.1) is 0 Å². The summed E-state index contributed by atoms with van der Waals surface area (Å²) in [6.07, 6.45) is 1.61. The van der Waals surface area contributed by atoms with Crippen molar-refractivity contribution in [2.75, 3.05) is 16.8 Å². The zero-order chi connectivity index (χ0) is 32.6. The number of nitrogens with zero attached hydrogens (tertiary/aromatic N) is 1. The fraction of sp³-hybridized carbons (Fsp3) is 0.114. The van der Waals surface area contributed by atoms with Crippen LogP contribution in [0.1, 0.15) is 39.6 Å². The first-order chi connectivity index (χ1) is 22.2. The summed E-state index contributed by atoms with van der Waals surface area (Å²) < 4.78 is 5.86. The molecule has 1 fully saturated rings. The molecule has 1 heterocycles. The number of esters is 1. The Bertz CT molecular complexity index is 1790. The second kappa shape index (κ2) is 14.9. The minimum Gasteiger partial charge on any atom is -0.462 e. The van der Waals surface area contributed by atoms with Gasteiger partial charge in [-0.3, -0.25) is 19.2 Å². The number of thioether (sulfide) groups is 1. The van der Waals surface area contributed by atoms with Crippen LogP contribution in [0.3, 0.4) is 0 Å². The first-order valence-corrected chi connectivity index (χ1v) is 15.9. The van der Waals surface area contributed by atoms with Crippen LogP contribution in [0.2, 0.25) is 0 Å². The zero-order valence-corrected chi connectivity index (χ0v) is 27.0. The Kier molecular flexibility index (Phi) is 10.5. The van der Waals surface area contributed by atoms with E-state index in [0.29, 0.717) is 28.1 Å². The van der Waals surface area contributed by atoms with Gasteiger partial charge in [-0.15, -0.1) is 11.8 Å². The molecule has 0 spiro atoms. The minimum absolute atomic E-state index is 0.0208. The number of ether oxygens (including phenoxy) is 1. The van der Waals surface area contributed by atoms with Crippen LogP contribution in [0.25, 0.3) is 6.08 Å². The maximum absolute atomic E-state index is 13.3. The quantitative estimate of drug-likeness (QED) is 0.111. The number of imide groups is 1. The van der Waals surface area contributed by atoms with E-state index in [2.05, 4.69) is 26.6 Å². The van der Waals surface area contributed by atoms with Crippen molar-refractivity contribution in [3.05, 3.63) is 130 Å². The summed E-state index contributed by atoms with van der Waals surface area (Å²) in [5.41, 5.74) is 2.37. The van der Waals surface area contributed by atoms with E-state index in [1.807, 2.05) is 24.3 Å². The Labute approximate surface area is 278 Å². The van der Waals surface area contributed by atoms with Gasteiger partial charge in [0, 0.05) is 27.0 Å². The molecule has 1 saturated heterocycles. The number of nitrogens with one attached hydrogen (secondary N) is 2. The highest BCUT2D eigenvalue weighted by Crippen LogP contribution is 2.34. The predicted octanol–water partition coefficient (Wildman–Crippen LogP) is 6.46. The van der Waals surface area contributed by atoms with Gasteiger partial charge in [0.15, 0.2) is 0 Å². The van der Waals surface area contributed by atoms with Gasteiger partial charge < -0.3 is 15.4 Å². The number of carbonyl (C=O) groups is 5. The molecular formula is C35H28BrN3O6S. The molecule has 4 aromatic rings. The van der Waals surface area contributed by atoms with Gasteiger partial charge >= 0.3 is 5.97 Å². The molecule has 9 nitrogen and oxygen atoms in total. The fourth-order valence-corrected chi connectivity index (χ4v) is 5.89. The average molecular weight is 699 g/mol. The maximum Gasteiger partial charge on any atom is 0.338 e. The fourth-order valence-electron chi connectivity index (χ4n) is 4.58. The monoisotopic (exact) mass is 697 g/mol. The standard InChI is InChI=1S/C35H28BrN3O6S/c1-2-45-35(44)24-10-16-27(17-11-24)39-31(40)21-30(34(39)43)46-28-18-14-26(15-19-28)37-33(42)29(20-22-8-12-25(36)13-9-22)38-32(41)23-6-4-3-5-7-23/h3-20,30H,2,21H2,1H3,(H,37,42)(H,38,41)/b29-20-. The summed E-state index contributed by atoms with van der Waals surface area (Å²) in [4.78, 5) is 66.0. The summed E-state index contributed by atoms with van der Waals surface area (Å²) in [6.45, 7) is 1.96. The molecule has 0 saturated carbocycles. The van der Waals surface area contributed by atoms with Gasteiger partial charge in [0.05, 0.1) is 23.1 Å². The van der Waals surface area contributed by atoms with Crippen LogP contribution in [0.4, 0.5) is 11.4 Å². The van der Waals surface area contributed by atoms with Crippen molar-refractivity contribution >= 4 is 74.7 Å². The van der Waals surface area contributed by atoms with Gasteiger partial charge in [-0.1, -0.05) is 46.3 Å². The van der Waals surface area contributed by atoms with Crippen molar-refractivity contribution in [3.8, 4) is 0 Å². The first kappa shape index (κ1) is 32.4. The molecule has 0 aromatic heterocycles. The molecule has 2 N–H and O–H groups in total. The summed E-state index contributed by atoms with van der Waals surface area (Å²) in [6, 6.07) is 28.9. The van der Waals surface area contributed by atoms with Crippen LogP contribution in [0.15, 0.2) is 118 Å². The normalized spacial score (nSPS) is 14.6. The summed E-state index contributed by atoms with van der Waals surface area (Å²) in [5, 5.41) is 4.89. The zero-order valence-electron chi connectivity index (χ0n) is 24.6. The lowest BCUT2D eigenvalue weighted by Gasteiger charge is -2.15. The van der Waals surface area contributed by atoms with E-state index >= 15 is 0 Å². The van der Waals surface area contributed by atoms with Crippen molar-refractivity contribution < 1.29 is 28.7 Å². The topological polar surface area (TPSA) is 122 Å². The van der Waals surface area contributed by atoms with Crippen LogP contribution >= 0.6 is 27.7 Å². The van der Waals surface area contributed by atoms with Crippen LogP contribution in [0.5, 0.6) is 0 Å². The van der Waals surface area contributed by atoms with Gasteiger partial charge in [0.25, 0.3) is 11.8 Å². The molecule has 46 heavy (non-hydrogen) atoms. The molecule has 1 unspecified atom stereocenters. The number of benzene rings is 4. The molecule has 0 aliphatic carbocycles. The summed E-state index contributed by atoms with van der Waals surface area (Å²) in [7, 11) is 0. The molecule has 4 aromatic carbocycles. The Hall–Kier alpha value is -5.00. The van der Waals surface area contributed by atoms with E-state index in [-0.39, 0.29) is 30.5 Å². The van der Waals surface area contributed by atoms with Crippen LogP contribution in [-0.4, -0.2) is 41.5 Å². The number of anilines is 2. The number of amides is 4. The van der Waals surface area contributed by atoms with Crippen molar-refractivity contribution in [1.29, 1.82) is 0 Å². The second-order valence-corrected chi connectivity index (χ2v) is 12.2. The highest BCUT2D eigenvalue weighted by molar-refractivity contribution is 9.10. The van der Waals surface area contributed by atoms with E-state index in [9.17, 15) is 24.0 Å². The second-order valence-electron chi connectivity index (χ2n) is 10.1. The Morgan fingerprint density at radius 2 is 1.57 bits per heavy atom. The lowest BCUT2D eigenvalue weighted by atomic mass is 10.1. The highest BCUT2D eigenvalue weighted by Gasteiger charge is 2.40. The van der Waals surface area contributed by atoms with E-state index < -0.39 is 23.0 Å². The lowest BCUT2D eigenvalue weighted by Crippen LogP contribution is -2.31. The largest absolute Gasteiger partial charge is 0.462 e. The maximum atomic E-state index is 13.3. The van der Waals surface area contributed by atoms with E-state index in [0.717, 1.165) is 14.3 Å². The molecular weight excluding hydrogens is 670 g/mol. The molecule has 1 aliphatic rings. The molecule has 0 bridgehead atoms. The van der Waals surface area contributed by atoms with Crippen molar-refractivity contribution in [1.82, 2.24) is 5.32 Å². The SMILES string of the molecule is CCOC(=O)c1ccc(N2C(=O)CC(Sc3ccc(NC(=O)/C(=C/c4ccc(Br)cc4)NC(=O)c4ccccc4)cc3)C2=O)cc1. The third-order valence-electron chi connectivity index (χ3n) is 6.84. The van der Waals surface area contributed by atoms with Crippen LogP contribution < -0.4 is 15.5 Å². The van der Waals surface area contributed by atoms with Gasteiger partial charge in [-0.2, -0.15) is 0 Å². The highest BCUT2D eigenvalue weighted by atomic mass is 79.9. The van der Waals surface area contributed by atoms with E-state index in [1.54, 1.807) is 79.7 Å². The molecule has 11 heteroatoms. The average Bonchev–Trinajstić information content (AvgIpc) is 3.34. The molecule has 5 rings (SSSR count). The van der Waals surface area contributed by atoms with Crippen molar-refractivity contribution in [3.63, 3.8) is 0 Å². The number of halogens is 1.